The Hall–Kier alpha value is -3.29. The van der Waals surface area contributed by atoms with Crippen LogP contribution in [0.2, 0.25) is 0 Å². The summed E-state index contributed by atoms with van der Waals surface area (Å²) in [6.07, 6.45) is 0.326. The fourth-order valence-electron chi connectivity index (χ4n) is 2.97. The summed E-state index contributed by atoms with van der Waals surface area (Å²) < 4.78 is 29.2. The van der Waals surface area contributed by atoms with Gasteiger partial charge in [0.2, 0.25) is 0 Å². The second kappa shape index (κ2) is 9.96. The minimum atomic E-state index is -0.450. The number of hydrogen-bond acceptors (Lipinski definition) is 3. The Morgan fingerprint density at radius 3 is 2.60 bits per heavy atom. The molecular weight excluding hydrogens is 386 g/mol. The van der Waals surface area contributed by atoms with Gasteiger partial charge in [-0.25, -0.2) is 13.8 Å². The van der Waals surface area contributed by atoms with Crippen molar-refractivity contribution in [3.8, 4) is 0 Å². The molecule has 158 valence electrons. The van der Waals surface area contributed by atoms with E-state index in [1.807, 2.05) is 55.8 Å². The number of nitrogens with zero attached hydrogens (tertiary/aromatic N) is 4. The van der Waals surface area contributed by atoms with E-state index in [1.165, 1.54) is 6.07 Å². The fraction of sp³-hybridized carbons (Fsp3) is 0.318. The van der Waals surface area contributed by atoms with Gasteiger partial charge in [0.1, 0.15) is 24.0 Å². The molecule has 0 amide bonds. The van der Waals surface area contributed by atoms with Crippen LogP contribution in [0.3, 0.4) is 0 Å². The summed E-state index contributed by atoms with van der Waals surface area (Å²) in [6, 6.07) is 13.5. The highest BCUT2D eigenvalue weighted by molar-refractivity contribution is 5.80. The highest BCUT2D eigenvalue weighted by Gasteiger charge is 2.10. The molecule has 0 saturated carbocycles. The predicted octanol–water partition coefficient (Wildman–Crippen LogP) is 3.44. The molecule has 1 heterocycles. The molecule has 2 aromatic carbocycles. The molecule has 1 atom stereocenters. The number of halogens is 2. The lowest BCUT2D eigenvalue weighted by atomic mass is 10.1. The van der Waals surface area contributed by atoms with Gasteiger partial charge in [0.25, 0.3) is 0 Å². The Bertz CT molecular complexity index is 1000. The van der Waals surface area contributed by atoms with Gasteiger partial charge >= 0.3 is 0 Å². The van der Waals surface area contributed by atoms with Gasteiger partial charge in [0.15, 0.2) is 11.8 Å². The lowest BCUT2D eigenvalue weighted by Gasteiger charge is -2.19. The molecule has 0 fully saturated rings. The number of nitrogens with one attached hydrogen (secondary N) is 2. The molecule has 1 unspecified atom stereocenters. The average molecular weight is 412 g/mol. The van der Waals surface area contributed by atoms with Gasteiger partial charge in [-0.15, -0.1) is 10.2 Å². The van der Waals surface area contributed by atoms with Crippen molar-refractivity contribution in [2.45, 2.75) is 32.9 Å². The lowest BCUT2D eigenvalue weighted by molar-refractivity contribution is 0.582. The second-order valence-electron chi connectivity index (χ2n) is 7.08. The van der Waals surface area contributed by atoms with Crippen LogP contribution in [0.15, 0.2) is 53.5 Å². The van der Waals surface area contributed by atoms with Gasteiger partial charge < -0.3 is 15.2 Å². The first-order chi connectivity index (χ1) is 14.4. The van der Waals surface area contributed by atoms with Crippen molar-refractivity contribution < 1.29 is 8.78 Å². The number of aryl methyl sites for hydroxylation is 1. The largest absolute Gasteiger partial charge is 0.356 e. The Morgan fingerprint density at radius 2 is 1.90 bits per heavy atom. The van der Waals surface area contributed by atoms with Crippen LogP contribution in [0, 0.1) is 18.6 Å². The van der Waals surface area contributed by atoms with E-state index >= 15 is 0 Å². The van der Waals surface area contributed by atoms with Crippen molar-refractivity contribution in [1.82, 2.24) is 25.4 Å². The van der Waals surface area contributed by atoms with E-state index in [4.69, 9.17) is 0 Å². The molecule has 3 aromatic rings. The summed E-state index contributed by atoms with van der Waals surface area (Å²) in [5.74, 6) is 1.23. The van der Waals surface area contributed by atoms with E-state index in [2.05, 4.69) is 25.8 Å². The SMILES string of the molecule is Cc1nnc(CN=C(NCCc2cc(F)ccc2F)NC(C)c2ccccc2)n1C. The normalized spacial score (nSPS) is 12.6. The second-order valence-corrected chi connectivity index (χ2v) is 7.08. The molecule has 8 heteroatoms. The van der Waals surface area contributed by atoms with E-state index in [9.17, 15) is 8.78 Å². The van der Waals surface area contributed by atoms with Crippen molar-refractivity contribution in [2.24, 2.45) is 12.0 Å². The third-order valence-corrected chi connectivity index (χ3v) is 4.91. The summed E-state index contributed by atoms with van der Waals surface area (Å²) in [4.78, 5) is 4.61. The molecule has 0 spiro atoms. The van der Waals surface area contributed by atoms with E-state index in [-0.39, 0.29) is 6.04 Å². The fourth-order valence-corrected chi connectivity index (χ4v) is 2.97. The summed E-state index contributed by atoms with van der Waals surface area (Å²) in [5, 5.41) is 14.7. The molecule has 0 aliphatic heterocycles. The molecule has 1 aromatic heterocycles. The highest BCUT2D eigenvalue weighted by Crippen LogP contribution is 2.12. The van der Waals surface area contributed by atoms with Crippen LogP contribution in [0.1, 0.15) is 35.7 Å². The summed E-state index contributed by atoms with van der Waals surface area (Å²) >= 11 is 0. The Balaban J connectivity index is 1.70. The van der Waals surface area contributed by atoms with Crippen LogP contribution < -0.4 is 10.6 Å². The van der Waals surface area contributed by atoms with Crippen LogP contribution in [-0.4, -0.2) is 27.3 Å². The maximum Gasteiger partial charge on any atom is 0.192 e. The third-order valence-electron chi connectivity index (χ3n) is 4.91. The van der Waals surface area contributed by atoms with Gasteiger partial charge in [-0.05, 0) is 49.6 Å². The first-order valence-electron chi connectivity index (χ1n) is 9.82. The molecule has 30 heavy (non-hydrogen) atoms. The number of aromatic nitrogens is 3. The maximum absolute atomic E-state index is 13.9. The average Bonchev–Trinajstić information content (AvgIpc) is 3.07. The van der Waals surface area contributed by atoms with E-state index < -0.39 is 11.6 Å². The van der Waals surface area contributed by atoms with Crippen LogP contribution in [0.5, 0.6) is 0 Å². The van der Waals surface area contributed by atoms with Gasteiger partial charge in [0, 0.05) is 13.6 Å². The molecular formula is C22H26F2N6. The maximum atomic E-state index is 13.9. The van der Waals surface area contributed by atoms with Crippen molar-refractivity contribution in [2.75, 3.05) is 6.54 Å². The lowest BCUT2D eigenvalue weighted by Crippen LogP contribution is -2.40. The van der Waals surface area contributed by atoms with Crippen molar-refractivity contribution in [1.29, 1.82) is 0 Å². The number of hydrogen-bond donors (Lipinski definition) is 2. The molecule has 6 nitrogen and oxygen atoms in total. The molecule has 0 saturated heterocycles. The minimum absolute atomic E-state index is 0.00425. The minimum Gasteiger partial charge on any atom is -0.356 e. The zero-order valence-electron chi connectivity index (χ0n) is 17.4. The highest BCUT2D eigenvalue weighted by atomic mass is 19.1. The first-order valence-corrected chi connectivity index (χ1v) is 9.82. The molecule has 0 bridgehead atoms. The Labute approximate surface area is 175 Å². The van der Waals surface area contributed by atoms with Crippen LogP contribution in [-0.2, 0) is 20.0 Å². The van der Waals surface area contributed by atoms with E-state index in [0.29, 0.717) is 31.0 Å². The van der Waals surface area contributed by atoms with Gasteiger partial charge in [-0.3, -0.25) is 0 Å². The molecule has 0 aliphatic rings. The Morgan fingerprint density at radius 1 is 1.13 bits per heavy atom. The third kappa shape index (κ3) is 5.62. The standard InChI is InChI=1S/C22H26F2N6/c1-15(17-7-5-4-6-8-17)27-22(26-14-21-29-28-16(2)30(21)3)25-12-11-18-13-19(23)9-10-20(18)24/h4-10,13,15H,11-12,14H2,1-3H3,(H2,25,26,27). The predicted molar refractivity (Wildman–Crippen MR) is 113 cm³/mol. The number of aliphatic imine (C=N–C) groups is 1. The summed E-state index contributed by atoms with van der Waals surface area (Å²) in [6.45, 7) is 4.64. The Kier molecular flexibility index (Phi) is 7.11. The van der Waals surface area contributed by atoms with Crippen LogP contribution in [0.4, 0.5) is 8.78 Å². The zero-order valence-corrected chi connectivity index (χ0v) is 17.4. The van der Waals surface area contributed by atoms with E-state index in [1.54, 1.807) is 0 Å². The molecule has 0 radical (unpaired) electrons. The summed E-state index contributed by atoms with van der Waals surface area (Å²) in [7, 11) is 1.89. The van der Waals surface area contributed by atoms with Crippen LogP contribution >= 0.6 is 0 Å². The molecule has 2 N–H and O–H groups in total. The first kappa shape index (κ1) is 21.4. The van der Waals surface area contributed by atoms with Crippen molar-refractivity contribution in [3.05, 3.63) is 82.9 Å². The monoisotopic (exact) mass is 412 g/mol. The molecule has 3 rings (SSSR count). The van der Waals surface area contributed by atoms with Gasteiger partial charge in [-0.1, -0.05) is 30.3 Å². The van der Waals surface area contributed by atoms with Crippen molar-refractivity contribution >= 4 is 5.96 Å². The van der Waals surface area contributed by atoms with E-state index in [0.717, 1.165) is 29.3 Å². The summed E-state index contributed by atoms with van der Waals surface area (Å²) in [5.41, 5.74) is 1.43. The number of rotatable bonds is 7. The zero-order chi connectivity index (χ0) is 21.5. The number of guanidine groups is 1. The van der Waals surface area contributed by atoms with Gasteiger partial charge in [0.05, 0.1) is 6.04 Å². The van der Waals surface area contributed by atoms with Gasteiger partial charge in [-0.2, -0.15) is 0 Å². The molecule has 0 aliphatic carbocycles. The topological polar surface area (TPSA) is 67.1 Å². The number of benzene rings is 2. The van der Waals surface area contributed by atoms with Crippen LogP contribution in [0.25, 0.3) is 0 Å². The van der Waals surface area contributed by atoms with Crippen molar-refractivity contribution in [3.63, 3.8) is 0 Å². The quantitative estimate of drug-likeness (QED) is 0.461. The smallest absolute Gasteiger partial charge is 0.192 e.